The van der Waals surface area contributed by atoms with Crippen LogP contribution in [0.5, 0.6) is 0 Å². The molecule has 0 aliphatic carbocycles. The maximum absolute atomic E-state index is 12.0. The monoisotopic (exact) mass is 477 g/mol. The van der Waals surface area contributed by atoms with Crippen molar-refractivity contribution in [2.45, 2.75) is 114 Å². The average molecular weight is 478 g/mol. The minimum Gasteiger partial charge on any atom is -0.376 e. The summed E-state index contributed by atoms with van der Waals surface area (Å²) in [6.45, 7) is 32.2. The van der Waals surface area contributed by atoms with Gasteiger partial charge in [0.2, 0.25) is 5.91 Å². The highest BCUT2D eigenvalue weighted by atomic mass is 16.5. The predicted octanol–water partition coefficient (Wildman–Crippen LogP) is 9.17. The van der Waals surface area contributed by atoms with Crippen LogP contribution < -0.4 is 0 Å². The van der Waals surface area contributed by atoms with Crippen LogP contribution >= 0.6 is 0 Å². The summed E-state index contributed by atoms with van der Waals surface area (Å²) in [5, 5.41) is 0. The van der Waals surface area contributed by atoms with E-state index in [4.69, 9.17) is 4.74 Å². The zero-order chi connectivity index (χ0) is 27.2. The van der Waals surface area contributed by atoms with Crippen LogP contribution in [0.15, 0.2) is 49.1 Å². The molecule has 34 heavy (non-hydrogen) atoms. The first-order valence-electron chi connectivity index (χ1n) is 13.5. The Labute approximate surface area is 214 Å². The van der Waals surface area contributed by atoms with Crippen LogP contribution in [0, 0.1) is 11.3 Å². The number of rotatable bonds is 10. The van der Waals surface area contributed by atoms with Gasteiger partial charge in [-0.1, -0.05) is 91.0 Å². The molecule has 1 saturated heterocycles. The van der Waals surface area contributed by atoms with Crippen LogP contribution in [0.25, 0.3) is 0 Å². The molecule has 0 saturated carbocycles. The van der Waals surface area contributed by atoms with Crippen molar-refractivity contribution in [3.8, 4) is 0 Å². The molecule has 0 aromatic carbocycles. The summed E-state index contributed by atoms with van der Waals surface area (Å²) in [5.74, 6) is 0.564. The fourth-order valence-corrected chi connectivity index (χ4v) is 4.03. The average Bonchev–Trinajstić information content (AvgIpc) is 2.81. The first-order valence-corrected chi connectivity index (χ1v) is 13.5. The van der Waals surface area contributed by atoms with E-state index >= 15 is 0 Å². The fourth-order valence-electron chi connectivity index (χ4n) is 4.03. The molecule has 0 aromatic rings. The molecular formula is C31H59NO2. The molecule has 0 aromatic heterocycles. The summed E-state index contributed by atoms with van der Waals surface area (Å²) in [5.41, 5.74) is 1.06. The third kappa shape index (κ3) is 16.9. The zero-order valence-corrected chi connectivity index (χ0v) is 24.8. The lowest BCUT2D eigenvalue weighted by Crippen LogP contribution is -2.46. The molecule has 1 aliphatic rings. The Morgan fingerprint density at radius 2 is 1.65 bits per heavy atom. The maximum Gasteiger partial charge on any atom is 0.219 e. The van der Waals surface area contributed by atoms with Crippen molar-refractivity contribution in [1.82, 2.24) is 4.90 Å². The van der Waals surface area contributed by atoms with E-state index in [0.29, 0.717) is 12.5 Å². The molecule has 3 nitrogen and oxygen atoms in total. The molecule has 2 atom stereocenters. The van der Waals surface area contributed by atoms with E-state index in [1.54, 1.807) is 6.92 Å². The van der Waals surface area contributed by atoms with Gasteiger partial charge in [-0.05, 0) is 64.2 Å². The van der Waals surface area contributed by atoms with Gasteiger partial charge < -0.3 is 9.64 Å². The van der Waals surface area contributed by atoms with Gasteiger partial charge in [0.25, 0.3) is 0 Å². The third-order valence-corrected chi connectivity index (χ3v) is 5.79. The molecule has 1 aliphatic heterocycles. The van der Waals surface area contributed by atoms with E-state index < -0.39 is 0 Å². The van der Waals surface area contributed by atoms with E-state index in [9.17, 15) is 4.79 Å². The quantitative estimate of drug-likeness (QED) is 0.232. The molecule has 200 valence electrons. The summed E-state index contributed by atoms with van der Waals surface area (Å²) < 4.78 is 6.00. The van der Waals surface area contributed by atoms with Gasteiger partial charge in [-0.2, -0.15) is 0 Å². The smallest absolute Gasteiger partial charge is 0.219 e. The number of carbonyl (C=O) groups is 1. The van der Waals surface area contributed by atoms with Crippen molar-refractivity contribution in [3.05, 3.63) is 49.1 Å². The second kappa shape index (κ2) is 21.9. The van der Waals surface area contributed by atoms with Crippen molar-refractivity contribution < 1.29 is 9.53 Å². The number of carbonyl (C=O) groups excluding carboxylic acids is 1. The number of amides is 1. The van der Waals surface area contributed by atoms with Crippen LogP contribution in [0.1, 0.15) is 108 Å². The Bertz CT molecular complexity index is 588. The Hall–Kier alpha value is -1.61. The lowest BCUT2D eigenvalue weighted by molar-refractivity contribution is -0.132. The lowest BCUT2D eigenvalue weighted by atomic mass is 9.64. The molecule has 0 N–H and O–H groups in total. The van der Waals surface area contributed by atoms with Gasteiger partial charge >= 0.3 is 0 Å². The predicted molar refractivity (Wildman–Crippen MR) is 154 cm³/mol. The van der Waals surface area contributed by atoms with Gasteiger partial charge in [0, 0.05) is 26.6 Å². The van der Waals surface area contributed by atoms with Crippen LogP contribution in [0.2, 0.25) is 0 Å². The van der Waals surface area contributed by atoms with Crippen molar-refractivity contribution in [2.24, 2.45) is 11.3 Å². The Balaban J connectivity index is -0.00000106. The maximum atomic E-state index is 12.0. The molecule has 0 bridgehead atoms. The van der Waals surface area contributed by atoms with Crippen molar-refractivity contribution in [3.63, 3.8) is 0 Å². The second-order valence-corrected chi connectivity index (χ2v) is 9.25. The molecule has 1 amide bonds. The summed E-state index contributed by atoms with van der Waals surface area (Å²) in [6, 6.07) is 0. The first kappa shape index (κ1) is 36.9. The third-order valence-electron chi connectivity index (χ3n) is 5.79. The summed E-state index contributed by atoms with van der Waals surface area (Å²) in [7, 11) is 0. The van der Waals surface area contributed by atoms with Gasteiger partial charge in [0.15, 0.2) is 0 Å². The molecule has 2 unspecified atom stereocenters. The number of hydrogen-bond acceptors (Lipinski definition) is 2. The summed E-state index contributed by atoms with van der Waals surface area (Å²) in [4.78, 5) is 14.0. The van der Waals surface area contributed by atoms with Crippen LogP contribution in [-0.4, -0.2) is 36.1 Å². The van der Waals surface area contributed by atoms with E-state index in [1.807, 2.05) is 45.6 Å². The molecule has 1 heterocycles. The minimum atomic E-state index is -0.116. The number of hydrogen-bond donors (Lipinski definition) is 0. The SMILES string of the molecule is C=C(C)CN(CCC1(C(C)/C=C\C=C/CC)CCOC(C)(C)C1)C(C)=O.C=CCC.CC.CC. The van der Waals surface area contributed by atoms with Crippen LogP contribution in [0.4, 0.5) is 0 Å². The Morgan fingerprint density at radius 1 is 1.09 bits per heavy atom. The van der Waals surface area contributed by atoms with Gasteiger partial charge in [-0.25, -0.2) is 0 Å². The lowest BCUT2D eigenvalue weighted by Gasteiger charge is -2.48. The second-order valence-electron chi connectivity index (χ2n) is 9.25. The highest BCUT2D eigenvalue weighted by molar-refractivity contribution is 5.73. The molecule has 0 radical (unpaired) electrons. The summed E-state index contributed by atoms with van der Waals surface area (Å²) in [6.07, 6.45) is 15.9. The van der Waals surface area contributed by atoms with E-state index in [2.05, 4.69) is 72.1 Å². The van der Waals surface area contributed by atoms with Gasteiger partial charge in [-0.15, -0.1) is 6.58 Å². The molecule has 1 rings (SSSR count). The van der Waals surface area contributed by atoms with E-state index in [1.165, 1.54) is 0 Å². The standard InChI is InChI=1S/C23H39NO2.C4H8.2C2H6/c1-8-9-10-11-12-20(4)23(14-16-26-22(6,7)18-23)13-15-24(21(5)25)17-19(2)3;1-3-4-2;2*1-2/h9-12,20H,2,8,13-18H2,1,3-7H3;3H,1,4H2,2H3;2*1-2H3/b10-9-,12-11-;;;. The van der Waals surface area contributed by atoms with E-state index in [-0.39, 0.29) is 16.9 Å². The normalized spacial score (nSPS) is 19.5. The topological polar surface area (TPSA) is 29.5 Å². The van der Waals surface area contributed by atoms with Crippen LogP contribution in [-0.2, 0) is 9.53 Å². The van der Waals surface area contributed by atoms with Gasteiger partial charge in [0.1, 0.15) is 0 Å². The molecule has 1 fully saturated rings. The highest BCUT2D eigenvalue weighted by Crippen LogP contribution is 2.47. The largest absolute Gasteiger partial charge is 0.376 e. The zero-order valence-electron chi connectivity index (χ0n) is 24.8. The number of nitrogens with zero attached hydrogens (tertiary/aromatic N) is 1. The van der Waals surface area contributed by atoms with Crippen molar-refractivity contribution >= 4 is 5.91 Å². The van der Waals surface area contributed by atoms with Crippen LogP contribution in [0.3, 0.4) is 0 Å². The Kier molecular flexibility index (Phi) is 23.8. The first-order chi connectivity index (χ1) is 16.0. The number of allylic oxidation sites excluding steroid dienone is 5. The van der Waals surface area contributed by atoms with Gasteiger partial charge in [0.05, 0.1) is 5.60 Å². The highest BCUT2D eigenvalue weighted by Gasteiger charge is 2.43. The fraction of sp³-hybridized carbons (Fsp3) is 0.710. The van der Waals surface area contributed by atoms with Gasteiger partial charge in [-0.3, -0.25) is 4.79 Å². The molecule has 0 spiro atoms. The minimum absolute atomic E-state index is 0.116. The molecule has 3 heteroatoms. The van der Waals surface area contributed by atoms with Crippen molar-refractivity contribution in [2.75, 3.05) is 19.7 Å². The molecular weight excluding hydrogens is 418 g/mol. The van der Waals surface area contributed by atoms with Crippen molar-refractivity contribution in [1.29, 1.82) is 0 Å². The number of ether oxygens (including phenoxy) is 1. The van der Waals surface area contributed by atoms with E-state index in [0.717, 1.165) is 50.8 Å². The Morgan fingerprint density at radius 3 is 2.06 bits per heavy atom. The summed E-state index contributed by atoms with van der Waals surface area (Å²) >= 11 is 0.